The average Bonchev–Trinajstić information content (AvgIpc) is 2.18. The fraction of sp³-hybridized carbons (Fsp3) is 1.00. The normalized spacial score (nSPS) is 26.8. The third kappa shape index (κ3) is 3.25. The summed E-state index contributed by atoms with van der Waals surface area (Å²) in [4.78, 5) is 2.66. The van der Waals surface area contributed by atoms with Crippen molar-refractivity contribution < 1.29 is 0 Å². The molecule has 0 aromatic rings. The molecule has 0 aromatic heterocycles. The lowest BCUT2D eigenvalue weighted by molar-refractivity contribution is 0.0954. The van der Waals surface area contributed by atoms with E-state index in [4.69, 9.17) is 5.73 Å². The third-order valence-corrected chi connectivity index (χ3v) is 3.41. The quantitative estimate of drug-likeness (QED) is 0.750. The molecular formula is C12H26N2. The predicted molar refractivity (Wildman–Crippen MR) is 62.3 cm³/mol. The zero-order chi connectivity index (χ0) is 10.6. The molecule has 1 aliphatic heterocycles. The molecule has 2 N–H and O–H groups in total. The molecule has 2 unspecified atom stereocenters. The highest BCUT2D eigenvalue weighted by atomic mass is 15.2. The van der Waals surface area contributed by atoms with Gasteiger partial charge in [-0.05, 0) is 52.1 Å². The van der Waals surface area contributed by atoms with Crippen molar-refractivity contribution in [2.45, 2.75) is 58.5 Å². The molecule has 2 heteroatoms. The van der Waals surface area contributed by atoms with Crippen molar-refractivity contribution in [1.29, 1.82) is 0 Å². The fourth-order valence-corrected chi connectivity index (χ4v) is 2.52. The number of rotatable bonds is 4. The maximum absolute atomic E-state index is 5.69. The minimum Gasteiger partial charge on any atom is -0.330 e. The zero-order valence-corrected chi connectivity index (χ0v) is 10.00. The monoisotopic (exact) mass is 198 g/mol. The van der Waals surface area contributed by atoms with E-state index < -0.39 is 0 Å². The van der Waals surface area contributed by atoms with Crippen LogP contribution in [0, 0.1) is 5.92 Å². The van der Waals surface area contributed by atoms with E-state index >= 15 is 0 Å². The van der Waals surface area contributed by atoms with Crippen LogP contribution in [0.3, 0.4) is 0 Å². The summed E-state index contributed by atoms with van der Waals surface area (Å²) in [6.45, 7) is 9.02. The first-order chi connectivity index (χ1) is 6.65. The number of hydrogen-bond donors (Lipinski definition) is 1. The van der Waals surface area contributed by atoms with Crippen LogP contribution in [0.5, 0.6) is 0 Å². The standard InChI is InChI=1S/C12H26N2/c1-10(2)14-7-5-4-6-12(14)8-11(3)9-13/h10-12H,4-9,13H2,1-3H3. The Hall–Kier alpha value is -0.0800. The molecule has 1 fully saturated rings. The fourth-order valence-electron chi connectivity index (χ4n) is 2.52. The van der Waals surface area contributed by atoms with E-state index in [0.29, 0.717) is 12.0 Å². The molecule has 0 radical (unpaired) electrons. The van der Waals surface area contributed by atoms with Gasteiger partial charge < -0.3 is 5.73 Å². The summed E-state index contributed by atoms with van der Waals surface area (Å²) in [6.07, 6.45) is 5.45. The predicted octanol–water partition coefficient (Wildman–Crippen LogP) is 2.23. The van der Waals surface area contributed by atoms with Crippen molar-refractivity contribution in [2.24, 2.45) is 11.7 Å². The van der Waals surface area contributed by atoms with Crippen molar-refractivity contribution in [2.75, 3.05) is 13.1 Å². The lowest BCUT2D eigenvalue weighted by atomic mass is 9.92. The summed E-state index contributed by atoms with van der Waals surface area (Å²) in [7, 11) is 0. The van der Waals surface area contributed by atoms with Crippen molar-refractivity contribution in [3.8, 4) is 0 Å². The molecule has 1 rings (SSSR count). The lowest BCUT2D eigenvalue weighted by Crippen LogP contribution is -2.45. The Morgan fingerprint density at radius 2 is 2.00 bits per heavy atom. The first-order valence-electron chi connectivity index (χ1n) is 6.11. The smallest absolute Gasteiger partial charge is 0.0101 e. The molecule has 0 amide bonds. The van der Waals surface area contributed by atoms with Gasteiger partial charge >= 0.3 is 0 Å². The van der Waals surface area contributed by atoms with Gasteiger partial charge in [-0.1, -0.05) is 13.3 Å². The summed E-state index contributed by atoms with van der Waals surface area (Å²) in [5.74, 6) is 0.680. The van der Waals surface area contributed by atoms with Crippen molar-refractivity contribution in [1.82, 2.24) is 4.90 Å². The van der Waals surface area contributed by atoms with Gasteiger partial charge in [-0.2, -0.15) is 0 Å². The Kier molecular flexibility index (Phi) is 4.90. The van der Waals surface area contributed by atoms with Crippen LogP contribution in [0.2, 0.25) is 0 Å². The molecule has 0 aliphatic carbocycles. The second-order valence-corrected chi connectivity index (χ2v) is 5.06. The van der Waals surface area contributed by atoms with E-state index in [2.05, 4.69) is 25.7 Å². The van der Waals surface area contributed by atoms with E-state index in [1.165, 1.54) is 32.2 Å². The maximum Gasteiger partial charge on any atom is 0.0101 e. The van der Waals surface area contributed by atoms with Crippen molar-refractivity contribution in [3.63, 3.8) is 0 Å². The molecule has 0 saturated carbocycles. The largest absolute Gasteiger partial charge is 0.330 e. The maximum atomic E-state index is 5.69. The van der Waals surface area contributed by atoms with Gasteiger partial charge in [0.25, 0.3) is 0 Å². The van der Waals surface area contributed by atoms with E-state index in [9.17, 15) is 0 Å². The summed E-state index contributed by atoms with van der Waals surface area (Å²) in [5.41, 5.74) is 5.69. The highest BCUT2D eigenvalue weighted by Crippen LogP contribution is 2.24. The van der Waals surface area contributed by atoms with Crippen LogP contribution in [-0.4, -0.2) is 30.1 Å². The van der Waals surface area contributed by atoms with Crippen LogP contribution >= 0.6 is 0 Å². The topological polar surface area (TPSA) is 29.3 Å². The van der Waals surface area contributed by atoms with Gasteiger partial charge in [0.15, 0.2) is 0 Å². The van der Waals surface area contributed by atoms with E-state index in [-0.39, 0.29) is 0 Å². The summed E-state index contributed by atoms with van der Waals surface area (Å²) >= 11 is 0. The summed E-state index contributed by atoms with van der Waals surface area (Å²) < 4.78 is 0. The van der Waals surface area contributed by atoms with Crippen LogP contribution < -0.4 is 5.73 Å². The second kappa shape index (κ2) is 5.72. The van der Waals surface area contributed by atoms with Crippen molar-refractivity contribution >= 4 is 0 Å². The first-order valence-corrected chi connectivity index (χ1v) is 6.11. The molecule has 1 aliphatic rings. The minimum absolute atomic E-state index is 0.680. The number of nitrogens with zero attached hydrogens (tertiary/aromatic N) is 1. The van der Waals surface area contributed by atoms with E-state index in [1.54, 1.807) is 0 Å². The number of nitrogens with two attached hydrogens (primary N) is 1. The highest BCUT2D eigenvalue weighted by molar-refractivity contribution is 4.80. The first kappa shape index (κ1) is 12.0. The highest BCUT2D eigenvalue weighted by Gasteiger charge is 2.25. The molecule has 14 heavy (non-hydrogen) atoms. The van der Waals surface area contributed by atoms with Gasteiger partial charge in [0, 0.05) is 12.1 Å². The zero-order valence-electron chi connectivity index (χ0n) is 10.00. The Labute approximate surface area is 88.8 Å². The van der Waals surface area contributed by atoms with Crippen LogP contribution in [0.15, 0.2) is 0 Å². The van der Waals surface area contributed by atoms with Crippen molar-refractivity contribution in [3.05, 3.63) is 0 Å². The SMILES string of the molecule is CC(CN)CC1CCCCN1C(C)C. The number of likely N-dealkylation sites (tertiary alicyclic amines) is 1. The molecule has 1 heterocycles. The molecular weight excluding hydrogens is 172 g/mol. The Balaban J connectivity index is 2.45. The minimum atomic E-state index is 0.680. The second-order valence-electron chi connectivity index (χ2n) is 5.06. The Bertz CT molecular complexity index is 156. The Morgan fingerprint density at radius 3 is 2.57 bits per heavy atom. The molecule has 1 saturated heterocycles. The van der Waals surface area contributed by atoms with Gasteiger partial charge in [0.1, 0.15) is 0 Å². The summed E-state index contributed by atoms with van der Waals surface area (Å²) in [6, 6.07) is 1.49. The van der Waals surface area contributed by atoms with Crippen LogP contribution in [0.4, 0.5) is 0 Å². The third-order valence-electron chi connectivity index (χ3n) is 3.41. The molecule has 0 bridgehead atoms. The van der Waals surface area contributed by atoms with E-state index in [1.807, 2.05) is 0 Å². The van der Waals surface area contributed by atoms with Crippen LogP contribution in [-0.2, 0) is 0 Å². The van der Waals surface area contributed by atoms with Gasteiger partial charge in [0.2, 0.25) is 0 Å². The Morgan fingerprint density at radius 1 is 1.29 bits per heavy atom. The van der Waals surface area contributed by atoms with Crippen LogP contribution in [0.25, 0.3) is 0 Å². The number of hydrogen-bond acceptors (Lipinski definition) is 2. The van der Waals surface area contributed by atoms with Gasteiger partial charge in [-0.3, -0.25) is 4.90 Å². The summed E-state index contributed by atoms with van der Waals surface area (Å²) in [5, 5.41) is 0. The molecule has 2 atom stereocenters. The molecule has 0 spiro atoms. The molecule has 2 nitrogen and oxygen atoms in total. The van der Waals surface area contributed by atoms with Crippen LogP contribution in [0.1, 0.15) is 46.5 Å². The van der Waals surface area contributed by atoms with Gasteiger partial charge in [-0.25, -0.2) is 0 Å². The van der Waals surface area contributed by atoms with Gasteiger partial charge in [0.05, 0.1) is 0 Å². The molecule has 84 valence electrons. The average molecular weight is 198 g/mol. The lowest BCUT2D eigenvalue weighted by Gasteiger charge is -2.39. The molecule has 0 aromatic carbocycles. The number of piperidine rings is 1. The van der Waals surface area contributed by atoms with Gasteiger partial charge in [-0.15, -0.1) is 0 Å². The van der Waals surface area contributed by atoms with E-state index in [0.717, 1.165) is 12.6 Å².